The van der Waals surface area contributed by atoms with Crippen LogP contribution in [0.15, 0.2) is 36.5 Å². The summed E-state index contributed by atoms with van der Waals surface area (Å²) in [5, 5.41) is 8.80. The van der Waals surface area contributed by atoms with Crippen LogP contribution in [0, 0.1) is 18.8 Å². The van der Waals surface area contributed by atoms with Gasteiger partial charge in [-0.15, -0.1) is 10.2 Å². The van der Waals surface area contributed by atoms with Gasteiger partial charge in [-0.1, -0.05) is 18.2 Å². The highest BCUT2D eigenvalue weighted by molar-refractivity contribution is 5.54. The second-order valence-electron chi connectivity index (χ2n) is 7.92. The van der Waals surface area contributed by atoms with Crippen molar-refractivity contribution in [2.45, 2.75) is 38.5 Å². The predicted molar refractivity (Wildman–Crippen MR) is 103 cm³/mol. The number of pyridine rings is 1. The van der Waals surface area contributed by atoms with Crippen LogP contribution in [0.25, 0.3) is 5.65 Å². The van der Waals surface area contributed by atoms with Crippen LogP contribution < -0.4 is 9.47 Å². The van der Waals surface area contributed by atoms with Crippen molar-refractivity contribution in [1.82, 2.24) is 14.6 Å². The second-order valence-corrected chi connectivity index (χ2v) is 7.92. The van der Waals surface area contributed by atoms with Gasteiger partial charge in [0, 0.05) is 24.1 Å². The molecule has 0 saturated heterocycles. The number of rotatable bonds is 7. The highest BCUT2D eigenvalue weighted by Crippen LogP contribution is 2.50. The molecule has 27 heavy (non-hydrogen) atoms. The summed E-state index contributed by atoms with van der Waals surface area (Å²) >= 11 is 0. The average Bonchev–Trinajstić information content (AvgIpc) is 3.60. The van der Waals surface area contributed by atoms with Gasteiger partial charge >= 0.3 is 0 Å². The van der Waals surface area contributed by atoms with Gasteiger partial charge in [0.25, 0.3) is 0 Å². The van der Waals surface area contributed by atoms with E-state index >= 15 is 0 Å². The Hall–Kier alpha value is -2.56. The zero-order valence-electron chi connectivity index (χ0n) is 15.9. The standard InChI is InChI=1S/C22H25N3O2/c1-14-19(9-10-25-21(11-15-7-8-15)23-24-22(14)25)27-13-16-12-18(16)17-5-3-4-6-20(17)26-2/h3-6,9-10,15-16,18H,7-8,11-13H2,1-2H3/t16-,18+/m0/s1. The smallest absolute Gasteiger partial charge is 0.167 e. The van der Waals surface area contributed by atoms with Gasteiger partial charge in [0.1, 0.15) is 17.3 Å². The molecule has 140 valence electrons. The van der Waals surface area contributed by atoms with E-state index in [-0.39, 0.29) is 0 Å². The van der Waals surface area contributed by atoms with E-state index in [1.54, 1.807) is 7.11 Å². The summed E-state index contributed by atoms with van der Waals surface area (Å²) in [5.74, 6) is 4.84. The molecular formula is C22H25N3O2. The Morgan fingerprint density at radius 2 is 1.96 bits per heavy atom. The van der Waals surface area contributed by atoms with Crippen molar-refractivity contribution in [3.63, 3.8) is 0 Å². The van der Waals surface area contributed by atoms with E-state index in [2.05, 4.69) is 45.9 Å². The highest BCUT2D eigenvalue weighted by atomic mass is 16.5. The molecular weight excluding hydrogens is 338 g/mol. The molecule has 2 heterocycles. The number of para-hydroxylation sites is 1. The van der Waals surface area contributed by atoms with Crippen molar-refractivity contribution in [3.05, 3.63) is 53.5 Å². The van der Waals surface area contributed by atoms with Gasteiger partial charge in [0.2, 0.25) is 0 Å². The normalized spacial score (nSPS) is 21.4. The van der Waals surface area contributed by atoms with Crippen LogP contribution in [0.1, 0.15) is 42.1 Å². The molecule has 2 fully saturated rings. The molecule has 1 aromatic carbocycles. The minimum atomic E-state index is 0.531. The Bertz CT molecular complexity index is 977. The quantitative estimate of drug-likeness (QED) is 0.632. The van der Waals surface area contributed by atoms with Crippen LogP contribution in [0.4, 0.5) is 0 Å². The van der Waals surface area contributed by atoms with Gasteiger partial charge in [-0.05, 0) is 55.7 Å². The summed E-state index contributed by atoms with van der Waals surface area (Å²) in [4.78, 5) is 0. The zero-order valence-corrected chi connectivity index (χ0v) is 15.9. The molecule has 0 N–H and O–H groups in total. The van der Waals surface area contributed by atoms with Crippen molar-refractivity contribution in [2.75, 3.05) is 13.7 Å². The maximum Gasteiger partial charge on any atom is 0.167 e. The van der Waals surface area contributed by atoms with E-state index in [1.165, 1.54) is 18.4 Å². The van der Waals surface area contributed by atoms with Gasteiger partial charge in [-0.2, -0.15) is 0 Å². The number of hydrogen-bond acceptors (Lipinski definition) is 4. The van der Waals surface area contributed by atoms with Gasteiger partial charge in [-0.25, -0.2) is 0 Å². The van der Waals surface area contributed by atoms with Crippen LogP contribution >= 0.6 is 0 Å². The molecule has 5 rings (SSSR count). The maximum absolute atomic E-state index is 6.17. The molecule has 5 nitrogen and oxygen atoms in total. The Kier molecular flexibility index (Phi) is 4.03. The molecule has 3 aromatic rings. The van der Waals surface area contributed by atoms with Gasteiger partial charge in [0.15, 0.2) is 5.65 Å². The lowest BCUT2D eigenvalue weighted by Crippen LogP contribution is -2.04. The van der Waals surface area contributed by atoms with Crippen molar-refractivity contribution < 1.29 is 9.47 Å². The number of benzene rings is 1. The Morgan fingerprint density at radius 1 is 1.11 bits per heavy atom. The Balaban J connectivity index is 1.28. The molecule has 0 aliphatic heterocycles. The number of aryl methyl sites for hydroxylation is 1. The summed E-state index contributed by atoms with van der Waals surface area (Å²) in [6, 6.07) is 10.4. The topological polar surface area (TPSA) is 48.7 Å². The van der Waals surface area contributed by atoms with E-state index in [9.17, 15) is 0 Å². The minimum absolute atomic E-state index is 0.531. The van der Waals surface area contributed by atoms with Crippen LogP contribution in [0.5, 0.6) is 11.5 Å². The average molecular weight is 363 g/mol. The van der Waals surface area contributed by atoms with E-state index in [1.807, 2.05) is 12.1 Å². The minimum Gasteiger partial charge on any atom is -0.496 e. The molecule has 2 aliphatic carbocycles. The van der Waals surface area contributed by atoms with Crippen molar-refractivity contribution in [2.24, 2.45) is 11.8 Å². The zero-order chi connectivity index (χ0) is 18.4. The molecule has 2 saturated carbocycles. The lowest BCUT2D eigenvalue weighted by Gasteiger charge is -2.11. The first-order valence-electron chi connectivity index (χ1n) is 9.83. The monoisotopic (exact) mass is 363 g/mol. The summed E-state index contributed by atoms with van der Waals surface area (Å²) in [5.41, 5.74) is 3.28. The molecule has 0 amide bonds. The van der Waals surface area contributed by atoms with Gasteiger partial charge in [-0.3, -0.25) is 4.40 Å². The molecule has 0 bridgehead atoms. The molecule has 2 aliphatic rings. The third kappa shape index (κ3) is 3.15. The summed E-state index contributed by atoms with van der Waals surface area (Å²) in [7, 11) is 1.74. The van der Waals surface area contributed by atoms with Crippen LogP contribution in [-0.4, -0.2) is 28.3 Å². The van der Waals surface area contributed by atoms with E-state index in [0.29, 0.717) is 11.8 Å². The number of aromatic nitrogens is 3. The Morgan fingerprint density at radius 3 is 2.78 bits per heavy atom. The molecule has 2 atom stereocenters. The largest absolute Gasteiger partial charge is 0.496 e. The van der Waals surface area contributed by atoms with E-state index < -0.39 is 0 Å². The van der Waals surface area contributed by atoms with Crippen LogP contribution in [-0.2, 0) is 6.42 Å². The van der Waals surface area contributed by atoms with E-state index in [4.69, 9.17) is 9.47 Å². The van der Waals surface area contributed by atoms with Gasteiger partial charge in [0.05, 0.1) is 13.7 Å². The third-order valence-electron chi connectivity index (χ3n) is 5.93. The number of methoxy groups -OCH3 is 1. The lowest BCUT2D eigenvalue weighted by atomic mass is 10.1. The lowest BCUT2D eigenvalue weighted by molar-refractivity contribution is 0.294. The molecule has 0 radical (unpaired) electrons. The van der Waals surface area contributed by atoms with Crippen molar-refractivity contribution in [3.8, 4) is 11.5 Å². The van der Waals surface area contributed by atoms with Gasteiger partial charge < -0.3 is 9.47 Å². The fourth-order valence-corrected chi connectivity index (χ4v) is 3.97. The van der Waals surface area contributed by atoms with Crippen LogP contribution in [0.2, 0.25) is 0 Å². The fraction of sp³-hybridized carbons (Fsp3) is 0.455. The molecule has 0 unspecified atom stereocenters. The van der Waals surface area contributed by atoms with Crippen LogP contribution in [0.3, 0.4) is 0 Å². The number of ether oxygens (including phenoxy) is 2. The first-order valence-corrected chi connectivity index (χ1v) is 9.83. The third-order valence-corrected chi connectivity index (χ3v) is 5.93. The first kappa shape index (κ1) is 16.6. The summed E-state index contributed by atoms with van der Waals surface area (Å²) in [6.45, 7) is 2.80. The summed E-state index contributed by atoms with van der Waals surface area (Å²) in [6.07, 6.45) is 6.88. The fourth-order valence-electron chi connectivity index (χ4n) is 3.97. The first-order chi connectivity index (χ1) is 13.2. The number of nitrogens with zero attached hydrogens (tertiary/aromatic N) is 3. The molecule has 0 spiro atoms. The van der Waals surface area contributed by atoms with Crippen molar-refractivity contribution >= 4 is 5.65 Å². The second kappa shape index (κ2) is 6.55. The van der Waals surface area contributed by atoms with Crippen molar-refractivity contribution in [1.29, 1.82) is 0 Å². The van der Waals surface area contributed by atoms with E-state index in [0.717, 1.165) is 53.9 Å². The predicted octanol–water partition coefficient (Wildman–Crippen LogP) is 4.18. The number of hydrogen-bond donors (Lipinski definition) is 0. The number of fused-ring (bicyclic) bond motifs is 1. The summed E-state index contributed by atoms with van der Waals surface area (Å²) < 4.78 is 13.8. The maximum atomic E-state index is 6.17. The molecule has 5 heteroatoms. The SMILES string of the molecule is COc1ccccc1[C@@H]1C[C@H]1COc1ccn2c(CC3CC3)nnc2c1C. The Labute approximate surface area is 159 Å². The molecule has 2 aromatic heterocycles. The highest BCUT2D eigenvalue weighted by Gasteiger charge is 2.40.